The number of nitrogens with one attached hydrogen (secondary N) is 1. The van der Waals surface area contributed by atoms with Crippen LogP contribution in [0.4, 0.5) is 4.39 Å². The predicted octanol–water partition coefficient (Wildman–Crippen LogP) is 6.04. The standard InChI is InChI=1S/C23H30FNO2.ClH/c1-26-23-15-18(16-25-20-10-5-3-2-4-6-11-20)13-14-22(23)27-17-19-9-7-8-12-21(19)24;/h7-9,12-15,20,25H,2-6,10-11,16-17H2,1H3;1H. The van der Waals surface area contributed by atoms with Crippen LogP contribution in [0.2, 0.25) is 0 Å². The molecule has 154 valence electrons. The van der Waals surface area contributed by atoms with E-state index < -0.39 is 0 Å². The van der Waals surface area contributed by atoms with Gasteiger partial charge in [0.15, 0.2) is 11.5 Å². The Bertz CT molecular complexity index is 717. The van der Waals surface area contributed by atoms with Crippen LogP contribution >= 0.6 is 12.4 Å². The summed E-state index contributed by atoms with van der Waals surface area (Å²) < 4.78 is 25.0. The molecule has 0 unspecified atom stereocenters. The molecule has 1 saturated carbocycles. The van der Waals surface area contributed by atoms with Crippen LogP contribution in [0.5, 0.6) is 11.5 Å². The molecule has 0 saturated heterocycles. The summed E-state index contributed by atoms with van der Waals surface area (Å²) in [6, 6.07) is 13.2. The van der Waals surface area contributed by atoms with E-state index in [1.54, 1.807) is 19.2 Å². The second-order valence-corrected chi connectivity index (χ2v) is 7.29. The van der Waals surface area contributed by atoms with E-state index in [1.165, 1.54) is 56.6 Å². The third-order valence-electron chi connectivity index (χ3n) is 5.27. The second kappa shape index (κ2) is 11.9. The fourth-order valence-corrected chi connectivity index (χ4v) is 3.63. The van der Waals surface area contributed by atoms with Crippen LogP contribution in [-0.4, -0.2) is 13.2 Å². The first-order chi connectivity index (χ1) is 13.3. The molecule has 1 fully saturated rings. The maximum Gasteiger partial charge on any atom is 0.161 e. The fraction of sp³-hybridized carbons (Fsp3) is 0.478. The molecule has 0 bridgehead atoms. The Kier molecular flexibility index (Phi) is 9.59. The quantitative estimate of drug-likeness (QED) is 0.607. The van der Waals surface area contributed by atoms with E-state index in [2.05, 4.69) is 11.4 Å². The van der Waals surface area contributed by atoms with Gasteiger partial charge in [0.05, 0.1) is 7.11 Å². The molecule has 0 spiro atoms. The third kappa shape index (κ3) is 6.68. The minimum Gasteiger partial charge on any atom is -0.493 e. The van der Waals surface area contributed by atoms with Crippen LogP contribution in [0.3, 0.4) is 0 Å². The van der Waals surface area contributed by atoms with Crippen LogP contribution in [0.1, 0.15) is 56.1 Å². The first-order valence-electron chi connectivity index (χ1n) is 10.0. The van der Waals surface area contributed by atoms with Gasteiger partial charge in [0.2, 0.25) is 0 Å². The maximum absolute atomic E-state index is 13.8. The summed E-state index contributed by atoms with van der Waals surface area (Å²) in [5.41, 5.74) is 1.71. The molecule has 0 aliphatic heterocycles. The number of methoxy groups -OCH3 is 1. The summed E-state index contributed by atoms with van der Waals surface area (Å²) in [7, 11) is 1.64. The number of rotatable bonds is 7. The van der Waals surface area contributed by atoms with Gasteiger partial charge in [0.25, 0.3) is 0 Å². The third-order valence-corrected chi connectivity index (χ3v) is 5.27. The van der Waals surface area contributed by atoms with Gasteiger partial charge in [0.1, 0.15) is 12.4 Å². The number of hydrogen-bond acceptors (Lipinski definition) is 3. The lowest BCUT2D eigenvalue weighted by Gasteiger charge is -2.21. The van der Waals surface area contributed by atoms with Crippen molar-refractivity contribution in [2.24, 2.45) is 0 Å². The lowest BCUT2D eigenvalue weighted by atomic mass is 9.96. The highest BCUT2D eigenvalue weighted by Crippen LogP contribution is 2.29. The molecule has 3 rings (SSSR count). The molecule has 3 nitrogen and oxygen atoms in total. The highest BCUT2D eigenvalue weighted by Gasteiger charge is 2.12. The van der Waals surface area contributed by atoms with Crippen molar-refractivity contribution in [2.45, 2.75) is 64.1 Å². The zero-order valence-corrected chi connectivity index (χ0v) is 17.4. The van der Waals surface area contributed by atoms with Crippen molar-refractivity contribution >= 4 is 12.4 Å². The first kappa shape index (κ1) is 22.5. The Hall–Kier alpha value is -1.78. The van der Waals surface area contributed by atoms with Gasteiger partial charge in [-0.15, -0.1) is 12.4 Å². The SMILES string of the molecule is COc1cc(CNC2CCCCCCC2)ccc1OCc1ccccc1F.Cl. The minimum atomic E-state index is -0.253. The fourth-order valence-electron chi connectivity index (χ4n) is 3.63. The van der Waals surface area contributed by atoms with Gasteiger partial charge in [-0.05, 0) is 36.6 Å². The van der Waals surface area contributed by atoms with Gasteiger partial charge in [-0.1, -0.05) is 56.4 Å². The van der Waals surface area contributed by atoms with E-state index in [0.29, 0.717) is 23.1 Å². The van der Waals surface area contributed by atoms with Gasteiger partial charge in [0, 0.05) is 18.2 Å². The molecule has 0 atom stereocenters. The first-order valence-corrected chi connectivity index (χ1v) is 10.0. The van der Waals surface area contributed by atoms with E-state index in [9.17, 15) is 4.39 Å². The highest BCUT2D eigenvalue weighted by atomic mass is 35.5. The molecule has 2 aromatic carbocycles. The second-order valence-electron chi connectivity index (χ2n) is 7.29. The number of benzene rings is 2. The van der Waals surface area contributed by atoms with E-state index in [-0.39, 0.29) is 24.8 Å². The van der Waals surface area contributed by atoms with E-state index in [0.717, 1.165) is 6.54 Å². The highest BCUT2D eigenvalue weighted by molar-refractivity contribution is 5.85. The van der Waals surface area contributed by atoms with Gasteiger partial charge in [-0.2, -0.15) is 0 Å². The van der Waals surface area contributed by atoms with Crippen LogP contribution in [0, 0.1) is 5.82 Å². The lowest BCUT2D eigenvalue weighted by Crippen LogP contribution is -2.29. The largest absolute Gasteiger partial charge is 0.493 e. The van der Waals surface area contributed by atoms with Crippen molar-refractivity contribution in [1.82, 2.24) is 5.32 Å². The van der Waals surface area contributed by atoms with Crippen LogP contribution < -0.4 is 14.8 Å². The summed E-state index contributed by atoms with van der Waals surface area (Å²) in [5, 5.41) is 3.70. The van der Waals surface area contributed by atoms with Crippen molar-refractivity contribution < 1.29 is 13.9 Å². The summed E-state index contributed by atoms with van der Waals surface area (Å²) in [6.45, 7) is 1.01. The molecular formula is C23H31ClFNO2. The molecule has 2 aromatic rings. The Morgan fingerprint density at radius 1 is 0.964 bits per heavy atom. The maximum atomic E-state index is 13.8. The molecule has 1 aliphatic carbocycles. The van der Waals surface area contributed by atoms with Crippen LogP contribution in [-0.2, 0) is 13.2 Å². The average molecular weight is 408 g/mol. The van der Waals surface area contributed by atoms with Crippen molar-refractivity contribution in [1.29, 1.82) is 0 Å². The van der Waals surface area contributed by atoms with Gasteiger partial charge in [-0.3, -0.25) is 0 Å². The van der Waals surface area contributed by atoms with E-state index in [1.807, 2.05) is 18.2 Å². The van der Waals surface area contributed by atoms with Gasteiger partial charge < -0.3 is 14.8 Å². The van der Waals surface area contributed by atoms with Crippen LogP contribution in [0.25, 0.3) is 0 Å². The normalized spacial score (nSPS) is 15.2. The Labute approximate surface area is 174 Å². The number of hydrogen-bond donors (Lipinski definition) is 1. The Morgan fingerprint density at radius 2 is 1.68 bits per heavy atom. The van der Waals surface area contributed by atoms with E-state index in [4.69, 9.17) is 9.47 Å². The monoisotopic (exact) mass is 407 g/mol. The zero-order valence-electron chi connectivity index (χ0n) is 16.6. The molecule has 1 N–H and O–H groups in total. The summed E-state index contributed by atoms with van der Waals surface area (Å²) in [4.78, 5) is 0. The van der Waals surface area contributed by atoms with Crippen LogP contribution in [0.15, 0.2) is 42.5 Å². The molecule has 0 heterocycles. The van der Waals surface area contributed by atoms with Gasteiger partial charge in [-0.25, -0.2) is 4.39 Å². The van der Waals surface area contributed by atoms with E-state index >= 15 is 0 Å². The molecule has 0 radical (unpaired) electrons. The predicted molar refractivity (Wildman–Crippen MR) is 114 cm³/mol. The minimum absolute atomic E-state index is 0. The lowest BCUT2D eigenvalue weighted by molar-refractivity contribution is 0.279. The molecule has 5 heteroatoms. The van der Waals surface area contributed by atoms with Crippen molar-refractivity contribution in [3.63, 3.8) is 0 Å². The number of ether oxygens (including phenoxy) is 2. The summed E-state index contributed by atoms with van der Waals surface area (Å²) in [6.07, 6.45) is 9.29. The van der Waals surface area contributed by atoms with Crippen molar-refractivity contribution in [2.75, 3.05) is 7.11 Å². The molecular weight excluding hydrogens is 377 g/mol. The summed E-state index contributed by atoms with van der Waals surface area (Å²) in [5.74, 6) is 1.07. The van der Waals surface area contributed by atoms with Gasteiger partial charge >= 0.3 is 0 Å². The molecule has 1 aliphatic rings. The Morgan fingerprint density at radius 3 is 2.39 bits per heavy atom. The molecule has 28 heavy (non-hydrogen) atoms. The Balaban J connectivity index is 0.00000280. The topological polar surface area (TPSA) is 30.5 Å². The molecule has 0 amide bonds. The summed E-state index contributed by atoms with van der Waals surface area (Å²) >= 11 is 0. The smallest absolute Gasteiger partial charge is 0.161 e. The molecule has 0 aromatic heterocycles. The van der Waals surface area contributed by atoms with Crippen molar-refractivity contribution in [3.05, 3.63) is 59.4 Å². The zero-order chi connectivity index (χ0) is 18.9. The average Bonchev–Trinajstić information content (AvgIpc) is 2.67. The van der Waals surface area contributed by atoms with Crippen molar-refractivity contribution in [3.8, 4) is 11.5 Å². The number of halogens is 2.